The van der Waals surface area contributed by atoms with Crippen molar-refractivity contribution in [1.82, 2.24) is 4.90 Å². The number of aliphatic hydroxyl groups is 1. The Morgan fingerprint density at radius 2 is 2.00 bits per heavy atom. The maximum Gasteiger partial charge on any atom is 0.295 e. The van der Waals surface area contributed by atoms with Gasteiger partial charge in [-0.15, -0.1) is 0 Å². The summed E-state index contributed by atoms with van der Waals surface area (Å²) in [4.78, 5) is 27.3. The highest BCUT2D eigenvalue weighted by Gasteiger charge is 2.46. The molecule has 2 unspecified atom stereocenters. The molecule has 2 heterocycles. The molecule has 0 radical (unpaired) electrons. The van der Waals surface area contributed by atoms with E-state index < -0.39 is 17.7 Å². The van der Waals surface area contributed by atoms with Gasteiger partial charge < -0.3 is 19.5 Å². The Bertz CT molecular complexity index is 1040. The third-order valence-electron chi connectivity index (χ3n) is 5.61. The van der Waals surface area contributed by atoms with Crippen LogP contribution in [0.15, 0.2) is 48.0 Å². The number of Topliss-reactive ketones (excluding diaryl/α,β-unsaturated/α-hetero) is 1. The molecular formula is C24H25NO5. The van der Waals surface area contributed by atoms with Crippen LogP contribution in [0.25, 0.3) is 5.76 Å². The predicted molar refractivity (Wildman–Crippen MR) is 113 cm³/mol. The summed E-state index contributed by atoms with van der Waals surface area (Å²) in [7, 11) is 1.55. The van der Waals surface area contributed by atoms with Crippen LogP contribution >= 0.6 is 0 Å². The molecule has 30 heavy (non-hydrogen) atoms. The van der Waals surface area contributed by atoms with Crippen LogP contribution in [0.5, 0.6) is 11.5 Å². The Hall–Kier alpha value is -3.28. The molecule has 2 aliphatic heterocycles. The van der Waals surface area contributed by atoms with Gasteiger partial charge >= 0.3 is 0 Å². The number of hydrogen-bond acceptors (Lipinski definition) is 5. The van der Waals surface area contributed by atoms with E-state index in [1.807, 2.05) is 38.1 Å². The van der Waals surface area contributed by atoms with Gasteiger partial charge in [-0.2, -0.15) is 0 Å². The molecule has 0 bridgehead atoms. The highest BCUT2D eigenvalue weighted by molar-refractivity contribution is 6.46. The zero-order valence-corrected chi connectivity index (χ0v) is 17.3. The van der Waals surface area contributed by atoms with Crippen molar-refractivity contribution in [2.24, 2.45) is 0 Å². The molecule has 1 saturated heterocycles. The lowest BCUT2D eigenvalue weighted by Gasteiger charge is -2.26. The van der Waals surface area contributed by atoms with Gasteiger partial charge in [-0.25, -0.2) is 0 Å². The number of likely N-dealkylation sites (tertiary alicyclic amines) is 1. The fourth-order valence-corrected chi connectivity index (χ4v) is 4.29. The van der Waals surface area contributed by atoms with Crippen LogP contribution in [0.1, 0.15) is 43.0 Å². The van der Waals surface area contributed by atoms with E-state index in [0.29, 0.717) is 29.8 Å². The molecule has 0 aromatic heterocycles. The van der Waals surface area contributed by atoms with E-state index in [0.717, 1.165) is 17.7 Å². The van der Waals surface area contributed by atoms with Crippen molar-refractivity contribution in [2.45, 2.75) is 38.8 Å². The second-order valence-electron chi connectivity index (χ2n) is 7.69. The van der Waals surface area contributed by atoms with Crippen molar-refractivity contribution < 1.29 is 24.2 Å². The number of carbonyl (C=O) groups excluding carboxylic acids is 2. The zero-order chi connectivity index (χ0) is 21.4. The average molecular weight is 407 g/mol. The number of amides is 1. The van der Waals surface area contributed by atoms with Gasteiger partial charge in [-0.05, 0) is 43.2 Å². The van der Waals surface area contributed by atoms with Crippen LogP contribution < -0.4 is 9.47 Å². The molecule has 1 amide bonds. The molecule has 6 heteroatoms. The molecule has 1 N–H and O–H groups in total. The number of benzene rings is 2. The Morgan fingerprint density at radius 3 is 2.73 bits per heavy atom. The number of ether oxygens (including phenoxy) is 2. The van der Waals surface area contributed by atoms with E-state index in [1.54, 1.807) is 25.3 Å². The summed E-state index contributed by atoms with van der Waals surface area (Å²) >= 11 is 0. The van der Waals surface area contributed by atoms with Gasteiger partial charge in [0, 0.05) is 24.1 Å². The fraction of sp³-hybridized carbons (Fsp3) is 0.333. The number of aliphatic hydroxyl groups excluding tert-OH is 1. The van der Waals surface area contributed by atoms with Gasteiger partial charge in [0.25, 0.3) is 11.7 Å². The maximum atomic E-state index is 13.0. The lowest BCUT2D eigenvalue weighted by molar-refractivity contribution is -0.139. The summed E-state index contributed by atoms with van der Waals surface area (Å²) in [6.45, 7) is 4.33. The molecular weight excluding hydrogens is 382 g/mol. The molecule has 0 saturated carbocycles. The van der Waals surface area contributed by atoms with Crippen LogP contribution in [0.2, 0.25) is 0 Å². The van der Waals surface area contributed by atoms with Crippen molar-refractivity contribution >= 4 is 17.4 Å². The number of nitrogens with zero attached hydrogens (tertiary/aromatic N) is 1. The topological polar surface area (TPSA) is 76.1 Å². The number of methoxy groups -OCH3 is 1. The Kier molecular flexibility index (Phi) is 5.24. The zero-order valence-electron chi connectivity index (χ0n) is 17.3. The Morgan fingerprint density at radius 1 is 1.23 bits per heavy atom. The molecule has 4 rings (SSSR count). The first kappa shape index (κ1) is 20.0. The normalized spacial score (nSPS) is 22.2. The SMILES string of the molecule is CCCN1C(=O)C(=O)/C(=C(/O)c2ccc3c(c2)CC(C)O3)C1c1ccccc1OC. The summed E-state index contributed by atoms with van der Waals surface area (Å²) < 4.78 is 11.2. The lowest BCUT2D eigenvalue weighted by Crippen LogP contribution is -2.30. The van der Waals surface area contributed by atoms with Crippen LogP contribution in [-0.4, -0.2) is 41.5 Å². The first-order valence-electron chi connectivity index (χ1n) is 10.2. The second kappa shape index (κ2) is 7.86. The van der Waals surface area contributed by atoms with E-state index in [2.05, 4.69) is 0 Å². The minimum absolute atomic E-state index is 0.0705. The average Bonchev–Trinajstić information content (AvgIpc) is 3.24. The van der Waals surface area contributed by atoms with E-state index >= 15 is 0 Å². The third kappa shape index (κ3) is 3.22. The first-order chi connectivity index (χ1) is 14.5. The summed E-state index contributed by atoms with van der Waals surface area (Å²) in [6, 6.07) is 11.9. The minimum atomic E-state index is -0.704. The quantitative estimate of drug-likeness (QED) is 0.463. The molecule has 156 valence electrons. The Labute approximate surface area is 175 Å². The van der Waals surface area contributed by atoms with Gasteiger partial charge in [0.2, 0.25) is 0 Å². The minimum Gasteiger partial charge on any atom is -0.507 e. The number of carbonyl (C=O) groups is 2. The number of para-hydroxylation sites is 1. The predicted octanol–water partition coefficient (Wildman–Crippen LogP) is 3.85. The van der Waals surface area contributed by atoms with Gasteiger partial charge in [0.15, 0.2) is 0 Å². The molecule has 2 aromatic carbocycles. The van der Waals surface area contributed by atoms with Crippen molar-refractivity contribution in [1.29, 1.82) is 0 Å². The molecule has 0 aliphatic carbocycles. The van der Waals surface area contributed by atoms with Crippen LogP contribution in [0, 0.1) is 0 Å². The van der Waals surface area contributed by atoms with Crippen LogP contribution in [-0.2, 0) is 16.0 Å². The van der Waals surface area contributed by atoms with Crippen LogP contribution in [0.3, 0.4) is 0 Å². The van der Waals surface area contributed by atoms with Crippen molar-refractivity contribution in [3.63, 3.8) is 0 Å². The molecule has 1 fully saturated rings. The highest BCUT2D eigenvalue weighted by atomic mass is 16.5. The summed E-state index contributed by atoms with van der Waals surface area (Å²) in [5.41, 5.74) is 2.24. The van der Waals surface area contributed by atoms with E-state index in [9.17, 15) is 14.7 Å². The number of rotatable bonds is 5. The van der Waals surface area contributed by atoms with Gasteiger partial charge in [-0.1, -0.05) is 25.1 Å². The van der Waals surface area contributed by atoms with Crippen molar-refractivity contribution in [3.8, 4) is 11.5 Å². The monoisotopic (exact) mass is 407 g/mol. The molecule has 2 aromatic rings. The van der Waals surface area contributed by atoms with Gasteiger partial charge in [0.1, 0.15) is 23.4 Å². The highest BCUT2D eigenvalue weighted by Crippen LogP contribution is 2.43. The van der Waals surface area contributed by atoms with E-state index in [1.165, 1.54) is 4.90 Å². The molecule has 6 nitrogen and oxygen atoms in total. The molecule has 0 spiro atoms. The lowest BCUT2D eigenvalue weighted by atomic mass is 9.94. The largest absolute Gasteiger partial charge is 0.507 e. The van der Waals surface area contributed by atoms with Gasteiger partial charge in [-0.3, -0.25) is 9.59 Å². The third-order valence-corrected chi connectivity index (χ3v) is 5.61. The smallest absolute Gasteiger partial charge is 0.295 e. The number of ketones is 1. The van der Waals surface area contributed by atoms with Gasteiger partial charge in [0.05, 0.1) is 18.7 Å². The standard InChI is InChI=1S/C24H25NO5/c1-4-11-25-21(17-7-5-6-8-19(17)29-3)20(23(27)24(25)28)22(26)15-9-10-18-16(13-15)12-14(2)30-18/h5-10,13-14,21,26H,4,11-12H2,1-3H3/b22-20+. The summed E-state index contributed by atoms with van der Waals surface area (Å²) in [5, 5.41) is 11.2. The Balaban J connectivity index is 1.88. The number of fused-ring (bicyclic) bond motifs is 1. The fourth-order valence-electron chi connectivity index (χ4n) is 4.29. The molecule has 2 aliphatic rings. The molecule has 2 atom stereocenters. The van der Waals surface area contributed by atoms with E-state index in [-0.39, 0.29) is 17.4 Å². The number of hydrogen-bond donors (Lipinski definition) is 1. The van der Waals surface area contributed by atoms with Crippen LogP contribution in [0.4, 0.5) is 0 Å². The summed E-state index contributed by atoms with van der Waals surface area (Å²) in [6.07, 6.45) is 1.49. The van der Waals surface area contributed by atoms with Crippen molar-refractivity contribution in [3.05, 3.63) is 64.7 Å². The first-order valence-corrected chi connectivity index (χ1v) is 10.2. The van der Waals surface area contributed by atoms with Crippen molar-refractivity contribution in [2.75, 3.05) is 13.7 Å². The van der Waals surface area contributed by atoms with E-state index in [4.69, 9.17) is 9.47 Å². The maximum absolute atomic E-state index is 13.0. The second-order valence-corrected chi connectivity index (χ2v) is 7.69. The summed E-state index contributed by atoms with van der Waals surface area (Å²) in [5.74, 6) is -0.112.